The number of methoxy groups -OCH3 is 1. The van der Waals surface area contributed by atoms with E-state index in [1.807, 2.05) is 37.0 Å². The highest BCUT2D eigenvalue weighted by atomic mass is 16.5. The number of nitrogens with zero attached hydrogens (tertiary/aromatic N) is 3. The molecule has 1 N–H and O–H groups in total. The smallest absolute Gasteiger partial charge is 0.122 e. The first-order valence-electron chi connectivity index (χ1n) is 7.93. The van der Waals surface area contributed by atoms with Crippen molar-refractivity contribution in [3.05, 3.63) is 41.0 Å². The second kappa shape index (κ2) is 6.68. The van der Waals surface area contributed by atoms with E-state index < -0.39 is 0 Å². The summed E-state index contributed by atoms with van der Waals surface area (Å²) in [6, 6.07) is 4.18. The van der Waals surface area contributed by atoms with Crippen molar-refractivity contribution >= 4 is 0 Å². The minimum Gasteiger partial charge on any atom is -0.497 e. The van der Waals surface area contributed by atoms with Gasteiger partial charge in [-0.05, 0) is 20.3 Å². The van der Waals surface area contributed by atoms with E-state index in [1.54, 1.807) is 7.11 Å². The van der Waals surface area contributed by atoms with Gasteiger partial charge in [0.15, 0.2) is 0 Å². The fraction of sp³-hybridized carbons (Fsp3) is 0.529. The van der Waals surface area contributed by atoms with E-state index in [-0.39, 0.29) is 12.1 Å². The Kier molecular flexibility index (Phi) is 4.63. The van der Waals surface area contributed by atoms with E-state index in [0.717, 1.165) is 41.4 Å². The molecule has 1 fully saturated rings. The first-order valence-corrected chi connectivity index (χ1v) is 7.93. The van der Waals surface area contributed by atoms with Crippen LogP contribution in [0.15, 0.2) is 18.3 Å². The van der Waals surface area contributed by atoms with Gasteiger partial charge in [-0.3, -0.25) is 9.67 Å². The van der Waals surface area contributed by atoms with Crippen molar-refractivity contribution in [1.82, 2.24) is 20.1 Å². The molecule has 0 amide bonds. The summed E-state index contributed by atoms with van der Waals surface area (Å²) in [7, 11) is 3.64. The average Bonchev–Trinajstić information content (AvgIpc) is 3.12. The van der Waals surface area contributed by atoms with E-state index in [1.165, 1.54) is 0 Å². The van der Waals surface area contributed by atoms with Gasteiger partial charge in [0, 0.05) is 55.3 Å². The number of pyridine rings is 1. The molecule has 0 bridgehead atoms. The molecule has 0 saturated carbocycles. The molecule has 2 aromatic heterocycles. The highest BCUT2D eigenvalue weighted by molar-refractivity contribution is 5.27. The Morgan fingerprint density at radius 1 is 1.39 bits per heavy atom. The van der Waals surface area contributed by atoms with Gasteiger partial charge in [0.25, 0.3) is 0 Å². The molecule has 0 unspecified atom stereocenters. The Bertz CT molecular complexity index is 683. The highest BCUT2D eigenvalue weighted by Crippen LogP contribution is 2.31. The molecule has 3 heterocycles. The maximum Gasteiger partial charge on any atom is 0.122 e. The Morgan fingerprint density at radius 3 is 2.91 bits per heavy atom. The van der Waals surface area contributed by atoms with E-state index in [0.29, 0.717) is 6.54 Å². The van der Waals surface area contributed by atoms with Crippen LogP contribution in [0.2, 0.25) is 0 Å². The van der Waals surface area contributed by atoms with Gasteiger partial charge in [-0.15, -0.1) is 0 Å². The molecule has 1 saturated heterocycles. The quantitative estimate of drug-likeness (QED) is 0.915. The van der Waals surface area contributed by atoms with E-state index in [9.17, 15) is 0 Å². The number of aryl methyl sites for hydroxylation is 2. The molecule has 0 radical (unpaired) electrons. The minimum absolute atomic E-state index is 0.0513. The van der Waals surface area contributed by atoms with Crippen molar-refractivity contribution in [2.24, 2.45) is 7.05 Å². The van der Waals surface area contributed by atoms with Crippen LogP contribution in [0.5, 0.6) is 5.75 Å². The van der Waals surface area contributed by atoms with Crippen LogP contribution < -0.4 is 10.1 Å². The van der Waals surface area contributed by atoms with Gasteiger partial charge >= 0.3 is 0 Å². The van der Waals surface area contributed by atoms with Crippen molar-refractivity contribution in [2.75, 3.05) is 13.7 Å². The number of hydrogen-bond acceptors (Lipinski definition) is 5. The molecule has 6 heteroatoms. The van der Waals surface area contributed by atoms with Crippen molar-refractivity contribution < 1.29 is 9.47 Å². The number of hydrogen-bond donors (Lipinski definition) is 1. The Morgan fingerprint density at radius 2 is 2.22 bits per heavy atom. The number of rotatable bonds is 5. The van der Waals surface area contributed by atoms with Gasteiger partial charge in [-0.1, -0.05) is 0 Å². The van der Waals surface area contributed by atoms with Crippen LogP contribution >= 0.6 is 0 Å². The standard InChI is InChI=1S/C17H24N4O2/c1-11-7-14(22-4)8-13(20-11)9-18-16-5-6-23-17(16)15-10-19-21(3)12(15)2/h7-8,10,16-18H,5-6,9H2,1-4H3/t16-,17+/m0/s1. The van der Waals surface area contributed by atoms with Crippen molar-refractivity contribution in [1.29, 1.82) is 0 Å². The topological polar surface area (TPSA) is 61.2 Å². The van der Waals surface area contributed by atoms with Gasteiger partial charge in [0.1, 0.15) is 11.9 Å². The summed E-state index contributed by atoms with van der Waals surface area (Å²) < 4.78 is 13.1. The van der Waals surface area contributed by atoms with Crippen LogP contribution in [0.1, 0.15) is 35.2 Å². The third kappa shape index (κ3) is 3.38. The predicted octanol–water partition coefficient (Wildman–Crippen LogP) is 2.06. The Balaban J connectivity index is 1.70. The van der Waals surface area contributed by atoms with Crippen LogP contribution in [-0.2, 0) is 18.3 Å². The maximum atomic E-state index is 5.94. The van der Waals surface area contributed by atoms with Crippen LogP contribution in [0, 0.1) is 13.8 Å². The largest absolute Gasteiger partial charge is 0.497 e. The maximum absolute atomic E-state index is 5.94. The second-order valence-electron chi connectivity index (χ2n) is 6.02. The minimum atomic E-state index is 0.0513. The SMILES string of the molecule is COc1cc(C)nc(CN[C@H]2CCO[C@@H]2c2cnn(C)c2C)c1. The summed E-state index contributed by atoms with van der Waals surface area (Å²) in [4.78, 5) is 4.56. The van der Waals surface area contributed by atoms with Crippen LogP contribution in [-0.4, -0.2) is 34.5 Å². The summed E-state index contributed by atoms with van der Waals surface area (Å²) in [5, 5.41) is 7.91. The van der Waals surface area contributed by atoms with Gasteiger partial charge in [-0.2, -0.15) is 5.10 Å². The van der Waals surface area contributed by atoms with Crippen LogP contribution in [0.25, 0.3) is 0 Å². The number of ether oxygens (including phenoxy) is 2. The van der Waals surface area contributed by atoms with E-state index in [4.69, 9.17) is 9.47 Å². The lowest BCUT2D eigenvalue weighted by Crippen LogP contribution is -2.31. The van der Waals surface area contributed by atoms with Gasteiger partial charge in [0.2, 0.25) is 0 Å². The molecule has 1 aliphatic heterocycles. The van der Waals surface area contributed by atoms with Gasteiger partial charge < -0.3 is 14.8 Å². The third-order valence-corrected chi connectivity index (χ3v) is 4.43. The summed E-state index contributed by atoms with van der Waals surface area (Å²) >= 11 is 0. The predicted molar refractivity (Wildman–Crippen MR) is 87.4 cm³/mol. The molecular formula is C17H24N4O2. The van der Waals surface area contributed by atoms with Crippen LogP contribution in [0.4, 0.5) is 0 Å². The Hall–Kier alpha value is -1.92. The third-order valence-electron chi connectivity index (χ3n) is 4.43. The first-order chi connectivity index (χ1) is 11.1. The fourth-order valence-electron chi connectivity index (χ4n) is 3.05. The molecule has 0 aliphatic carbocycles. The monoisotopic (exact) mass is 316 g/mol. The van der Waals surface area contributed by atoms with Gasteiger partial charge in [0.05, 0.1) is 19.0 Å². The zero-order valence-electron chi connectivity index (χ0n) is 14.2. The molecular weight excluding hydrogens is 292 g/mol. The lowest BCUT2D eigenvalue weighted by Gasteiger charge is -2.20. The molecule has 3 rings (SSSR count). The van der Waals surface area contributed by atoms with Crippen molar-refractivity contribution in [2.45, 2.75) is 39.0 Å². The molecule has 1 aliphatic rings. The van der Waals surface area contributed by atoms with Crippen molar-refractivity contribution in [3.8, 4) is 5.75 Å². The Labute approximate surface area is 136 Å². The first kappa shape index (κ1) is 16.0. The van der Waals surface area contributed by atoms with Gasteiger partial charge in [-0.25, -0.2) is 0 Å². The molecule has 23 heavy (non-hydrogen) atoms. The summed E-state index contributed by atoms with van der Waals surface area (Å²) in [5.41, 5.74) is 4.26. The zero-order valence-corrected chi connectivity index (χ0v) is 14.2. The van der Waals surface area contributed by atoms with E-state index >= 15 is 0 Å². The fourth-order valence-corrected chi connectivity index (χ4v) is 3.05. The highest BCUT2D eigenvalue weighted by Gasteiger charge is 2.31. The van der Waals surface area contributed by atoms with E-state index in [2.05, 4.69) is 22.3 Å². The molecule has 124 valence electrons. The zero-order chi connectivity index (χ0) is 16.4. The lowest BCUT2D eigenvalue weighted by molar-refractivity contribution is 0.0978. The molecule has 6 nitrogen and oxygen atoms in total. The number of aromatic nitrogens is 3. The molecule has 2 aromatic rings. The molecule has 0 spiro atoms. The summed E-state index contributed by atoms with van der Waals surface area (Å²) in [5.74, 6) is 0.844. The summed E-state index contributed by atoms with van der Waals surface area (Å²) in [6.07, 6.45) is 2.95. The molecule has 2 atom stereocenters. The second-order valence-corrected chi connectivity index (χ2v) is 6.02. The molecule has 0 aromatic carbocycles. The normalized spacial score (nSPS) is 20.9. The van der Waals surface area contributed by atoms with Crippen LogP contribution in [0.3, 0.4) is 0 Å². The lowest BCUT2D eigenvalue weighted by atomic mass is 10.0. The average molecular weight is 316 g/mol. The van der Waals surface area contributed by atoms with Crippen molar-refractivity contribution in [3.63, 3.8) is 0 Å². The summed E-state index contributed by atoms with van der Waals surface area (Å²) in [6.45, 7) is 5.52. The number of nitrogens with one attached hydrogen (secondary N) is 1.